The first kappa shape index (κ1) is 25.3. The van der Waals surface area contributed by atoms with E-state index in [0.717, 1.165) is 47.2 Å². The third-order valence-corrected chi connectivity index (χ3v) is 9.25. The molecule has 1 aromatic heterocycles. The van der Waals surface area contributed by atoms with Gasteiger partial charge in [0, 0.05) is 37.1 Å². The topological polar surface area (TPSA) is 79.8 Å². The van der Waals surface area contributed by atoms with E-state index in [4.69, 9.17) is 9.72 Å². The molecule has 4 rings (SSSR count). The largest absolute Gasteiger partial charge is 0.497 e. The van der Waals surface area contributed by atoms with E-state index in [1.54, 1.807) is 56.6 Å². The summed E-state index contributed by atoms with van der Waals surface area (Å²) in [6.07, 6.45) is 0.277. The molecular formula is C26H31N3O4S2. The Labute approximate surface area is 211 Å². The number of hydrogen-bond acceptors (Lipinski definition) is 7. The summed E-state index contributed by atoms with van der Waals surface area (Å²) in [4.78, 5) is 22.1. The number of rotatable bonds is 8. The fourth-order valence-corrected chi connectivity index (χ4v) is 5.88. The number of sulfone groups is 1. The molecule has 0 saturated carbocycles. The van der Waals surface area contributed by atoms with Gasteiger partial charge >= 0.3 is 0 Å². The molecule has 1 saturated heterocycles. The van der Waals surface area contributed by atoms with Crippen molar-refractivity contribution >= 4 is 27.1 Å². The molecule has 0 aliphatic carbocycles. The van der Waals surface area contributed by atoms with Gasteiger partial charge < -0.3 is 9.64 Å². The normalized spacial score (nSPS) is 14.9. The smallest absolute Gasteiger partial charge is 0.227 e. The second-order valence-electron chi connectivity index (χ2n) is 8.93. The molecular weight excluding hydrogens is 482 g/mol. The molecule has 1 aliphatic rings. The highest BCUT2D eigenvalue weighted by Gasteiger charge is 2.23. The van der Waals surface area contributed by atoms with Gasteiger partial charge in [0.15, 0.2) is 9.84 Å². The molecule has 0 unspecified atom stereocenters. The van der Waals surface area contributed by atoms with Crippen LogP contribution in [0.15, 0.2) is 58.8 Å². The average Bonchev–Trinajstić information content (AvgIpc) is 3.33. The zero-order valence-electron chi connectivity index (χ0n) is 20.3. The maximum absolute atomic E-state index is 12.8. The van der Waals surface area contributed by atoms with Crippen LogP contribution in [0, 0.1) is 0 Å². The minimum absolute atomic E-state index is 0.0696. The number of ether oxygens (including phenoxy) is 1. The van der Waals surface area contributed by atoms with Gasteiger partial charge in [0.2, 0.25) is 5.91 Å². The molecule has 7 nitrogen and oxygen atoms in total. The number of carbonyl (C=O) groups excluding carboxylic acids is 1. The molecule has 1 aliphatic heterocycles. The molecule has 9 heteroatoms. The van der Waals surface area contributed by atoms with Crippen LogP contribution in [0.1, 0.15) is 24.4 Å². The van der Waals surface area contributed by atoms with Crippen molar-refractivity contribution in [2.75, 3.05) is 33.3 Å². The van der Waals surface area contributed by atoms with Crippen LogP contribution in [0.5, 0.6) is 5.75 Å². The van der Waals surface area contributed by atoms with Crippen LogP contribution in [0.3, 0.4) is 0 Å². The predicted molar refractivity (Wildman–Crippen MR) is 138 cm³/mol. The summed E-state index contributed by atoms with van der Waals surface area (Å²) in [5.41, 5.74) is 2.86. The number of carbonyl (C=O) groups is 1. The Morgan fingerprint density at radius 2 is 1.69 bits per heavy atom. The number of methoxy groups -OCH3 is 1. The lowest BCUT2D eigenvalue weighted by Crippen LogP contribution is -2.48. The third-order valence-electron chi connectivity index (χ3n) is 6.25. The molecule has 186 valence electrons. The predicted octanol–water partition coefficient (Wildman–Crippen LogP) is 3.89. The number of piperazine rings is 1. The van der Waals surface area contributed by atoms with Crippen LogP contribution in [0.25, 0.3) is 11.3 Å². The molecule has 0 N–H and O–H groups in total. The van der Waals surface area contributed by atoms with Crippen molar-refractivity contribution in [2.45, 2.75) is 37.0 Å². The summed E-state index contributed by atoms with van der Waals surface area (Å²) >= 11 is 1.65. The van der Waals surface area contributed by atoms with Gasteiger partial charge in [0.1, 0.15) is 10.8 Å². The Morgan fingerprint density at radius 3 is 2.29 bits per heavy atom. The zero-order valence-corrected chi connectivity index (χ0v) is 21.9. The number of benzene rings is 2. The van der Waals surface area contributed by atoms with Gasteiger partial charge in [-0.05, 0) is 55.8 Å². The third kappa shape index (κ3) is 6.09. The van der Waals surface area contributed by atoms with E-state index >= 15 is 0 Å². The van der Waals surface area contributed by atoms with Gasteiger partial charge in [-0.25, -0.2) is 13.4 Å². The summed E-state index contributed by atoms with van der Waals surface area (Å²) in [6.45, 7) is 7.06. The van der Waals surface area contributed by atoms with Crippen molar-refractivity contribution in [1.82, 2.24) is 14.8 Å². The van der Waals surface area contributed by atoms with Crippen LogP contribution in [0.4, 0.5) is 0 Å². The lowest BCUT2D eigenvalue weighted by atomic mass is 10.1. The fourth-order valence-electron chi connectivity index (χ4n) is 3.98. The van der Waals surface area contributed by atoms with E-state index in [-0.39, 0.29) is 12.3 Å². The van der Waals surface area contributed by atoms with E-state index in [1.165, 1.54) is 0 Å². The van der Waals surface area contributed by atoms with Crippen LogP contribution in [-0.4, -0.2) is 67.6 Å². The summed E-state index contributed by atoms with van der Waals surface area (Å²) in [6, 6.07) is 14.6. The first-order chi connectivity index (χ1) is 16.8. The molecule has 2 heterocycles. The maximum Gasteiger partial charge on any atom is 0.227 e. The molecule has 1 fully saturated rings. The Morgan fingerprint density at radius 1 is 1.03 bits per heavy atom. The number of amides is 1. The van der Waals surface area contributed by atoms with Gasteiger partial charge in [-0.3, -0.25) is 9.69 Å². The molecule has 0 spiro atoms. The fraction of sp³-hybridized carbons (Fsp3) is 0.385. The minimum Gasteiger partial charge on any atom is -0.497 e. The van der Waals surface area contributed by atoms with E-state index in [2.05, 4.69) is 10.3 Å². The second-order valence-corrected chi connectivity index (χ2v) is 12.4. The van der Waals surface area contributed by atoms with Crippen molar-refractivity contribution in [3.05, 3.63) is 64.5 Å². The number of hydrogen-bond donors (Lipinski definition) is 0. The molecule has 35 heavy (non-hydrogen) atoms. The number of nitrogens with zero attached hydrogens (tertiary/aromatic N) is 3. The van der Waals surface area contributed by atoms with E-state index < -0.39 is 15.1 Å². The Kier molecular flexibility index (Phi) is 7.88. The van der Waals surface area contributed by atoms with E-state index in [9.17, 15) is 13.2 Å². The van der Waals surface area contributed by atoms with Gasteiger partial charge in [0.05, 0.1) is 35.9 Å². The lowest BCUT2D eigenvalue weighted by Gasteiger charge is -2.34. The molecule has 1 amide bonds. The van der Waals surface area contributed by atoms with Crippen LogP contribution in [-0.2, 0) is 27.6 Å². The van der Waals surface area contributed by atoms with Gasteiger partial charge in [-0.15, -0.1) is 11.3 Å². The van der Waals surface area contributed by atoms with Gasteiger partial charge in [0.25, 0.3) is 0 Å². The average molecular weight is 514 g/mol. The highest BCUT2D eigenvalue weighted by Crippen LogP contribution is 2.25. The quantitative estimate of drug-likeness (QED) is 0.455. The first-order valence-corrected chi connectivity index (χ1v) is 14.1. The van der Waals surface area contributed by atoms with Crippen molar-refractivity contribution in [3.63, 3.8) is 0 Å². The van der Waals surface area contributed by atoms with Gasteiger partial charge in [-0.2, -0.15) is 0 Å². The highest BCUT2D eigenvalue weighted by molar-refractivity contribution is 7.92. The Hall–Kier alpha value is -2.75. The highest BCUT2D eigenvalue weighted by atomic mass is 32.2. The Balaban J connectivity index is 1.27. The molecule has 0 atom stereocenters. The standard InChI is InChI=1S/C26H31N3O4S2/c1-19(2)35(31,32)23-10-4-20(5-11-23)16-26(30)29-14-12-28(13-15-29)17-25-27-24(18-34-25)21-6-8-22(33-3)9-7-21/h4-11,18-19H,12-17H2,1-3H3. The van der Waals surface area contributed by atoms with Crippen LogP contribution >= 0.6 is 11.3 Å². The van der Waals surface area contributed by atoms with Crippen molar-refractivity contribution in [2.24, 2.45) is 0 Å². The maximum atomic E-state index is 12.8. The van der Waals surface area contributed by atoms with Gasteiger partial charge in [-0.1, -0.05) is 12.1 Å². The Bertz CT molecular complexity index is 1240. The number of aromatic nitrogens is 1. The minimum atomic E-state index is -3.30. The summed E-state index contributed by atoms with van der Waals surface area (Å²) in [5.74, 6) is 0.896. The van der Waals surface area contributed by atoms with Crippen molar-refractivity contribution in [1.29, 1.82) is 0 Å². The first-order valence-electron chi connectivity index (χ1n) is 11.7. The molecule has 0 bridgehead atoms. The lowest BCUT2D eigenvalue weighted by molar-refractivity contribution is -0.132. The monoisotopic (exact) mass is 513 g/mol. The van der Waals surface area contributed by atoms with E-state index in [0.29, 0.717) is 18.0 Å². The van der Waals surface area contributed by atoms with Crippen molar-refractivity contribution in [3.8, 4) is 17.0 Å². The van der Waals surface area contributed by atoms with Crippen molar-refractivity contribution < 1.29 is 17.9 Å². The van der Waals surface area contributed by atoms with Crippen LogP contribution in [0.2, 0.25) is 0 Å². The number of thiazole rings is 1. The summed E-state index contributed by atoms with van der Waals surface area (Å²) in [5, 5.41) is 2.67. The summed E-state index contributed by atoms with van der Waals surface area (Å²) in [7, 11) is -1.65. The molecule has 2 aromatic carbocycles. The molecule has 3 aromatic rings. The SMILES string of the molecule is COc1ccc(-c2csc(CN3CCN(C(=O)Cc4ccc(S(=O)(=O)C(C)C)cc4)CC3)n2)cc1. The summed E-state index contributed by atoms with van der Waals surface area (Å²) < 4.78 is 29.8. The van der Waals surface area contributed by atoms with Crippen LogP contribution < -0.4 is 4.74 Å². The molecule has 0 radical (unpaired) electrons. The van der Waals surface area contributed by atoms with E-state index in [1.807, 2.05) is 29.2 Å². The zero-order chi connectivity index (χ0) is 25.0. The second kappa shape index (κ2) is 10.9.